The molecule has 0 amide bonds. The van der Waals surface area contributed by atoms with E-state index in [1.807, 2.05) is 12.1 Å². The van der Waals surface area contributed by atoms with Gasteiger partial charge in [0.25, 0.3) is 20.2 Å². The fourth-order valence-corrected chi connectivity index (χ4v) is 6.51. The van der Waals surface area contributed by atoms with Gasteiger partial charge in [-0.1, -0.05) is 72.8 Å². The van der Waals surface area contributed by atoms with Crippen LogP contribution in [0.3, 0.4) is 0 Å². The Labute approximate surface area is 263 Å². The molecular formula is C32H41NaO6S2. The van der Waals surface area contributed by atoms with Crippen molar-refractivity contribution in [2.75, 3.05) is 0 Å². The molecule has 0 radical (unpaired) electrons. The van der Waals surface area contributed by atoms with Gasteiger partial charge in [-0.3, -0.25) is 9.11 Å². The smallest absolute Gasteiger partial charge is 0.282 e. The van der Waals surface area contributed by atoms with Gasteiger partial charge in [0.15, 0.2) is 0 Å². The zero-order valence-electron chi connectivity index (χ0n) is 24.2. The maximum Gasteiger partial charge on any atom is 0.295 e. The Morgan fingerprint density at radius 2 is 0.854 bits per heavy atom. The Morgan fingerprint density at radius 1 is 0.512 bits per heavy atom. The molecule has 0 unspecified atom stereocenters. The molecule has 41 heavy (non-hydrogen) atoms. The Morgan fingerprint density at radius 3 is 1.22 bits per heavy atom. The third kappa shape index (κ3) is 13.0. The van der Waals surface area contributed by atoms with Crippen LogP contribution in [0.4, 0.5) is 0 Å². The van der Waals surface area contributed by atoms with E-state index in [1.54, 1.807) is 60.7 Å². The van der Waals surface area contributed by atoms with Crippen molar-refractivity contribution in [3.8, 4) is 0 Å². The number of hydrogen-bond acceptors (Lipinski definition) is 4. The van der Waals surface area contributed by atoms with E-state index in [1.165, 1.54) is 108 Å². The molecule has 4 aromatic rings. The van der Waals surface area contributed by atoms with Crippen LogP contribution < -0.4 is 0 Å². The molecule has 0 spiro atoms. The first-order chi connectivity index (χ1) is 19.6. The molecule has 0 atom stereocenters. The number of fused-ring (bicyclic) bond motifs is 2. The van der Waals surface area contributed by atoms with Crippen molar-refractivity contribution in [1.29, 1.82) is 0 Å². The fraction of sp³-hybridized carbons (Fsp3) is 0.375. The van der Waals surface area contributed by atoms with Crippen LogP contribution >= 0.6 is 0 Å². The van der Waals surface area contributed by atoms with E-state index in [2.05, 4.69) is 6.92 Å². The van der Waals surface area contributed by atoms with Crippen molar-refractivity contribution in [3.05, 3.63) is 84.9 Å². The number of benzene rings is 4. The molecule has 0 aromatic heterocycles. The summed E-state index contributed by atoms with van der Waals surface area (Å²) in [6.45, 7) is 2.29. The average Bonchev–Trinajstić information content (AvgIpc) is 2.95. The van der Waals surface area contributed by atoms with Crippen LogP contribution in [0.15, 0.2) is 94.7 Å². The Bertz CT molecular complexity index is 1430. The van der Waals surface area contributed by atoms with E-state index in [-0.39, 0.29) is 9.79 Å². The van der Waals surface area contributed by atoms with Crippen LogP contribution in [-0.4, -0.2) is 53.9 Å². The molecule has 0 aliphatic rings. The third-order valence-corrected chi connectivity index (χ3v) is 9.29. The van der Waals surface area contributed by atoms with E-state index in [9.17, 15) is 16.8 Å². The summed E-state index contributed by atoms with van der Waals surface area (Å²) in [7, 11) is -8.26. The van der Waals surface area contributed by atoms with Crippen molar-refractivity contribution in [1.82, 2.24) is 0 Å². The van der Waals surface area contributed by atoms with Gasteiger partial charge in [0, 0.05) is 10.8 Å². The van der Waals surface area contributed by atoms with E-state index in [0.29, 0.717) is 10.8 Å². The van der Waals surface area contributed by atoms with Gasteiger partial charge in [0.2, 0.25) is 0 Å². The summed E-state index contributed by atoms with van der Waals surface area (Å²) >= 11 is 1.41. The molecule has 218 valence electrons. The molecule has 2 N–H and O–H groups in total. The van der Waals surface area contributed by atoms with Crippen molar-refractivity contribution < 1.29 is 25.9 Å². The van der Waals surface area contributed by atoms with Crippen LogP contribution in [-0.2, 0) is 20.2 Å². The minimum Gasteiger partial charge on any atom is -0.282 e. The number of hydrogen-bond donors (Lipinski definition) is 2. The minimum absolute atomic E-state index is 0.0457. The fourth-order valence-electron chi connectivity index (χ4n) is 4.58. The molecule has 4 rings (SSSR count). The zero-order chi connectivity index (χ0) is 30.1. The molecule has 4 aromatic carbocycles. The van der Waals surface area contributed by atoms with Crippen molar-refractivity contribution in [2.24, 2.45) is 0 Å². The van der Waals surface area contributed by atoms with Crippen LogP contribution in [0.5, 0.6) is 0 Å². The van der Waals surface area contributed by atoms with Gasteiger partial charge in [0.1, 0.15) is 9.79 Å². The summed E-state index contributed by atoms with van der Waals surface area (Å²) in [6.07, 6.45) is 14.7. The standard InChI is InChI=1S/C12H25.2C10H8O3S.Na/c1-3-5-7-9-11-12-10-8-6-4-2;2*11-14(12,13)10-7-3-5-8-4-1-2-6-9(8)10;/h1,3-12H2,2H3;2*1-7H,(H,11,12,13);. The predicted molar refractivity (Wildman–Crippen MR) is 170 cm³/mol. The second-order valence-electron chi connectivity index (χ2n) is 10.1. The van der Waals surface area contributed by atoms with E-state index in [0.717, 1.165) is 10.8 Å². The van der Waals surface area contributed by atoms with Gasteiger partial charge in [-0.25, -0.2) is 0 Å². The molecular weight excluding hydrogens is 567 g/mol. The normalized spacial score (nSPS) is 11.4. The maximum absolute atomic E-state index is 11.0. The topological polar surface area (TPSA) is 109 Å². The first-order valence-electron chi connectivity index (χ1n) is 14.5. The molecule has 0 fully saturated rings. The minimum atomic E-state index is -4.13. The van der Waals surface area contributed by atoms with Gasteiger partial charge in [-0.15, -0.1) is 0 Å². The molecule has 0 aliphatic heterocycles. The predicted octanol–water partition coefficient (Wildman–Crippen LogP) is 8.67. The second kappa shape index (κ2) is 18.7. The summed E-state index contributed by atoms with van der Waals surface area (Å²) in [4.78, 5) is -0.0915. The first-order valence-corrected chi connectivity index (χ1v) is 18.8. The van der Waals surface area contributed by atoms with Gasteiger partial charge >= 0.3 is 103 Å². The Kier molecular flexibility index (Phi) is 16.1. The van der Waals surface area contributed by atoms with E-state index < -0.39 is 20.2 Å². The molecule has 0 bridgehead atoms. The first kappa shape index (κ1) is 35.4. The summed E-state index contributed by atoms with van der Waals surface area (Å²) in [5.41, 5.74) is 0. The summed E-state index contributed by atoms with van der Waals surface area (Å²) in [5, 5.41) is 2.67. The van der Waals surface area contributed by atoms with Gasteiger partial charge < -0.3 is 0 Å². The number of unbranched alkanes of at least 4 members (excludes halogenated alkanes) is 9. The van der Waals surface area contributed by atoms with Crippen LogP contribution in [0.1, 0.15) is 71.1 Å². The average molecular weight is 609 g/mol. The monoisotopic (exact) mass is 608 g/mol. The second-order valence-corrected chi connectivity index (χ2v) is 13.9. The SMILES string of the molecule is CCCCCCCCCCC[CH2][Na].O=S(=O)(O)c1cccc2ccccc12.O=S(=O)(O)c1cccc2ccccc12. The Hall–Kier alpha value is -1.78. The molecule has 0 saturated heterocycles. The molecule has 9 heteroatoms. The van der Waals surface area contributed by atoms with Crippen LogP contribution in [0.2, 0.25) is 3.67 Å². The summed E-state index contributed by atoms with van der Waals surface area (Å²) < 4.78 is 63.4. The quantitative estimate of drug-likeness (QED) is 0.0946. The summed E-state index contributed by atoms with van der Waals surface area (Å²) in [6, 6.07) is 23.6. The van der Waals surface area contributed by atoms with Crippen molar-refractivity contribution in [3.63, 3.8) is 0 Å². The van der Waals surface area contributed by atoms with Crippen LogP contribution in [0, 0.1) is 0 Å². The van der Waals surface area contributed by atoms with E-state index >= 15 is 0 Å². The number of rotatable bonds is 12. The van der Waals surface area contributed by atoms with E-state index in [4.69, 9.17) is 9.11 Å². The largest absolute Gasteiger partial charge is 0.295 e. The van der Waals surface area contributed by atoms with Crippen molar-refractivity contribution in [2.45, 2.75) is 84.6 Å². The van der Waals surface area contributed by atoms with Crippen molar-refractivity contribution >= 4 is 69.7 Å². The Balaban J connectivity index is 0.000000216. The maximum atomic E-state index is 11.0. The van der Waals surface area contributed by atoms with Gasteiger partial charge in [-0.05, 0) is 22.9 Å². The van der Waals surface area contributed by atoms with Gasteiger partial charge in [0.05, 0.1) is 0 Å². The zero-order valence-corrected chi connectivity index (χ0v) is 27.8. The molecule has 0 aliphatic carbocycles. The van der Waals surface area contributed by atoms with Crippen LogP contribution in [0.25, 0.3) is 21.5 Å². The molecule has 6 nitrogen and oxygen atoms in total. The summed E-state index contributed by atoms with van der Waals surface area (Å²) in [5.74, 6) is 0. The molecule has 0 saturated carbocycles. The molecule has 0 heterocycles. The van der Waals surface area contributed by atoms with Gasteiger partial charge in [-0.2, -0.15) is 16.8 Å². The third-order valence-electron chi connectivity index (χ3n) is 6.76.